The zero-order chi connectivity index (χ0) is 39.2. The first-order valence-electron chi connectivity index (χ1n) is 19.8. The molecule has 4 heterocycles. The highest BCUT2D eigenvalue weighted by molar-refractivity contribution is 6.10. The van der Waals surface area contributed by atoms with Gasteiger partial charge in [0.1, 0.15) is 28.5 Å². The van der Waals surface area contributed by atoms with Gasteiger partial charge in [-0.05, 0) is 83.1 Å². The molecular weight excluding hydrogens is 665 g/mol. The summed E-state index contributed by atoms with van der Waals surface area (Å²) in [6, 6.07) is 45.2. The van der Waals surface area contributed by atoms with E-state index in [4.69, 9.17) is 18.3 Å². The Morgan fingerprint density at radius 3 is 2.31 bits per heavy atom. The van der Waals surface area contributed by atoms with Gasteiger partial charge in [0.15, 0.2) is 0 Å². The van der Waals surface area contributed by atoms with Crippen molar-refractivity contribution in [2.24, 2.45) is 0 Å². The van der Waals surface area contributed by atoms with Gasteiger partial charge in [-0.2, -0.15) is 0 Å². The molecule has 6 heteroatoms. The molecule has 0 bridgehead atoms. The molecule has 0 radical (unpaired) electrons. The molecule has 0 atom stereocenters. The smallest absolute Gasteiger partial charge is 0.141 e. The molecule has 0 saturated carbocycles. The third kappa shape index (κ3) is 5.28. The van der Waals surface area contributed by atoms with E-state index >= 15 is 0 Å². The molecule has 6 nitrogen and oxygen atoms in total. The van der Waals surface area contributed by atoms with Crippen molar-refractivity contribution in [3.05, 3.63) is 151 Å². The van der Waals surface area contributed by atoms with Crippen molar-refractivity contribution in [1.82, 2.24) is 9.55 Å². The minimum atomic E-state index is -2.32. The van der Waals surface area contributed by atoms with Crippen LogP contribution in [0, 0.1) is 6.92 Å². The van der Waals surface area contributed by atoms with Crippen molar-refractivity contribution in [3.8, 4) is 28.4 Å². The average Bonchev–Trinajstić information content (AvgIpc) is 3.86. The SMILES string of the molecule is [2H]C([2H])([2H])N1CN(c2cc(Oc3ccc4c5ccccc5n(-c5cc6oc7cc(C)ccc7c6cn5)c4c3)cc(C(C)(C)C)c2)c2cc(-c3ccccc3)ccc21. The number of rotatable bonds is 5. The fraction of sp³-hybridized carbons (Fsp3) is 0.146. The van der Waals surface area contributed by atoms with Gasteiger partial charge in [0.05, 0.1) is 29.1 Å². The van der Waals surface area contributed by atoms with Gasteiger partial charge in [0.2, 0.25) is 0 Å². The lowest BCUT2D eigenvalue weighted by Crippen LogP contribution is -2.24. The Hall–Kier alpha value is -6.53. The number of nitrogens with zero attached hydrogens (tertiary/aromatic N) is 4. The summed E-state index contributed by atoms with van der Waals surface area (Å²) in [7, 11) is 0. The van der Waals surface area contributed by atoms with Crippen molar-refractivity contribution in [1.29, 1.82) is 0 Å². The largest absolute Gasteiger partial charge is 0.457 e. The summed E-state index contributed by atoms with van der Waals surface area (Å²) in [4.78, 5) is 8.56. The first kappa shape index (κ1) is 29.0. The summed E-state index contributed by atoms with van der Waals surface area (Å²) >= 11 is 0. The quantitative estimate of drug-likeness (QED) is 0.178. The van der Waals surface area contributed by atoms with E-state index in [2.05, 4.69) is 116 Å². The Labute approximate surface area is 318 Å². The number of hydrogen-bond acceptors (Lipinski definition) is 5. The van der Waals surface area contributed by atoms with Crippen LogP contribution in [0.2, 0.25) is 0 Å². The summed E-state index contributed by atoms with van der Waals surface area (Å²) in [6.07, 6.45) is 1.90. The minimum Gasteiger partial charge on any atom is -0.457 e. The zero-order valence-corrected chi connectivity index (χ0v) is 30.6. The molecule has 6 aromatic carbocycles. The number of aryl methyl sites for hydroxylation is 1. The normalized spacial score (nSPS) is 14.2. The highest BCUT2D eigenvalue weighted by Crippen LogP contribution is 2.45. The van der Waals surface area contributed by atoms with Gasteiger partial charge in [-0.3, -0.25) is 4.57 Å². The van der Waals surface area contributed by atoms with Crippen LogP contribution < -0.4 is 14.5 Å². The third-order valence-corrected chi connectivity index (χ3v) is 10.6. The molecule has 0 amide bonds. The summed E-state index contributed by atoms with van der Waals surface area (Å²) in [5, 5.41) is 4.22. The number of aromatic nitrogens is 2. The predicted octanol–water partition coefficient (Wildman–Crippen LogP) is 12.7. The van der Waals surface area contributed by atoms with Crippen LogP contribution in [0.3, 0.4) is 0 Å². The Morgan fingerprint density at radius 1 is 0.667 bits per heavy atom. The van der Waals surface area contributed by atoms with Crippen LogP contribution in [0.4, 0.5) is 17.1 Å². The molecular formula is C48H40N4O2. The highest BCUT2D eigenvalue weighted by Gasteiger charge is 2.27. The lowest BCUT2D eigenvalue weighted by atomic mass is 9.86. The summed E-state index contributed by atoms with van der Waals surface area (Å²) in [5.74, 6) is 2.07. The van der Waals surface area contributed by atoms with Gasteiger partial charge >= 0.3 is 0 Å². The number of fused-ring (bicyclic) bond motifs is 7. The Morgan fingerprint density at radius 2 is 1.46 bits per heavy atom. The highest BCUT2D eigenvalue weighted by atomic mass is 16.5. The van der Waals surface area contributed by atoms with Crippen LogP contribution in [0.25, 0.3) is 60.7 Å². The van der Waals surface area contributed by atoms with Crippen LogP contribution in [-0.4, -0.2) is 23.2 Å². The van der Waals surface area contributed by atoms with Gasteiger partial charge in [0.25, 0.3) is 0 Å². The van der Waals surface area contributed by atoms with Crippen molar-refractivity contribution in [2.45, 2.75) is 33.1 Å². The number of hydrogen-bond donors (Lipinski definition) is 0. The van der Waals surface area contributed by atoms with Gasteiger partial charge in [0, 0.05) is 62.7 Å². The Bertz CT molecular complexity index is 3030. The second kappa shape index (κ2) is 12.0. The van der Waals surface area contributed by atoms with E-state index < -0.39 is 6.98 Å². The van der Waals surface area contributed by atoms with Crippen LogP contribution >= 0.6 is 0 Å². The summed E-state index contributed by atoms with van der Waals surface area (Å²) in [5.41, 5.74) is 10.0. The molecule has 0 aliphatic carbocycles. The topological polar surface area (TPSA) is 46.7 Å². The van der Waals surface area contributed by atoms with Crippen LogP contribution in [0.15, 0.2) is 144 Å². The first-order valence-corrected chi connectivity index (χ1v) is 18.3. The summed E-state index contributed by atoms with van der Waals surface area (Å²) < 4.78 is 40.6. The fourth-order valence-electron chi connectivity index (χ4n) is 7.81. The molecule has 54 heavy (non-hydrogen) atoms. The molecule has 0 N–H and O–H groups in total. The molecule has 9 aromatic rings. The van der Waals surface area contributed by atoms with Crippen LogP contribution in [0.5, 0.6) is 11.5 Å². The van der Waals surface area contributed by atoms with E-state index in [1.54, 1.807) is 0 Å². The van der Waals surface area contributed by atoms with E-state index in [1.165, 1.54) is 4.90 Å². The van der Waals surface area contributed by atoms with Crippen molar-refractivity contribution in [3.63, 3.8) is 0 Å². The van der Waals surface area contributed by atoms with Crippen LogP contribution in [0.1, 0.15) is 36.0 Å². The number of pyridine rings is 1. The summed E-state index contributed by atoms with van der Waals surface area (Å²) in [6.45, 7) is 6.44. The number of furan rings is 1. The number of ether oxygens (including phenoxy) is 1. The van der Waals surface area contributed by atoms with E-state index in [0.717, 1.165) is 83.2 Å². The molecule has 1 aliphatic rings. The molecule has 3 aromatic heterocycles. The number of para-hydroxylation sites is 1. The van der Waals surface area contributed by atoms with Crippen LogP contribution in [-0.2, 0) is 5.41 Å². The van der Waals surface area contributed by atoms with E-state index in [0.29, 0.717) is 17.2 Å². The van der Waals surface area contributed by atoms with Gasteiger partial charge in [-0.15, -0.1) is 0 Å². The second-order valence-corrected chi connectivity index (χ2v) is 15.3. The second-order valence-electron chi connectivity index (χ2n) is 15.3. The average molecular weight is 708 g/mol. The van der Waals surface area contributed by atoms with E-state index in [1.807, 2.05) is 60.8 Å². The molecule has 0 unspecified atom stereocenters. The number of benzene rings is 6. The third-order valence-electron chi connectivity index (χ3n) is 10.6. The lowest BCUT2D eigenvalue weighted by Gasteiger charge is -2.26. The maximum Gasteiger partial charge on any atom is 0.141 e. The van der Waals surface area contributed by atoms with E-state index in [9.17, 15) is 0 Å². The van der Waals surface area contributed by atoms with E-state index in [-0.39, 0.29) is 12.1 Å². The maximum atomic E-state index is 8.42. The van der Waals surface area contributed by atoms with Gasteiger partial charge in [-0.25, -0.2) is 4.98 Å². The Balaban J connectivity index is 1.08. The predicted molar refractivity (Wildman–Crippen MR) is 223 cm³/mol. The lowest BCUT2D eigenvalue weighted by molar-refractivity contribution is 0.479. The minimum absolute atomic E-state index is 0.172. The van der Waals surface area contributed by atoms with Crippen molar-refractivity contribution in [2.75, 3.05) is 23.4 Å². The molecule has 0 fully saturated rings. The monoisotopic (exact) mass is 707 g/mol. The molecule has 0 spiro atoms. The first-order chi connectivity index (χ1) is 27.4. The fourth-order valence-corrected chi connectivity index (χ4v) is 7.81. The zero-order valence-electron chi connectivity index (χ0n) is 33.6. The number of anilines is 3. The molecule has 10 rings (SSSR count). The van der Waals surface area contributed by atoms with Gasteiger partial charge in [-0.1, -0.05) is 87.5 Å². The van der Waals surface area contributed by atoms with Gasteiger partial charge < -0.3 is 19.0 Å². The van der Waals surface area contributed by atoms with Crippen molar-refractivity contribution < 1.29 is 13.3 Å². The standard InChI is InChI=1S/C48H40N4O2/c1-30-15-18-39-40-28-49-47(27-46(40)54-45(39)21-30)52-41-14-10-9-13-37(41)38-19-17-35(26-43(38)52)53-36-24-33(48(2,3)4)23-34(25-36)51-29-50(5)42-20-16-32(22-44(42)51)31-11-7-6-8-12-31/h6-28H,29H2,1-5H3/i5D3. The molecule has 1 aliphatic heterocycles. The molecule has 0 saturated heterocycles. The molecule has 264 valence electrons. The maximum absolute atomic E-state index is 8.42. The Kier molecular flexibility index (Phi) is 6.44. The van der Waals surface area contributed by atoms with Crippen molar-refractivity contribution >= 4 is 60.8 Å².